The second kappa shape index (κ2) is 16.5. The first-order chi connectivity index (χ1) is 12.4. The van der Waals surface area contributed by atoms with Crippen LogP contribution in [0.15, 0.2) is 36.5 Å². The van der Waals surface area contributed by atoms with Crippen LogP contribution in [0.3, 0.4) is 0 Å². The number of hydrogen-bond acceptors (Lipinski definition) is 4. The first kappa shape index (κ1) is 24.1. The van der Waals surface area contributed by atoms with Crippen molar-refractivity contribution in [2.24, 2.45) is 0 Å². The molecule has 2 unspecified atom stereocenters. The summed E-state index contributed by atoms with van der Waals surface area (Å²) in [6.07, 6.45) is 15.4. The summed E-state index contributed by atoms with van der Waals surface area (Å²) in [5, 5.41) is 36.5. The lowest BCUT2D eigenvalue weighted by Gasteiger charge is -2.05. The van der Waals surface area contributed by atoms with Crippen molar-refractivity contribution in [1.82, 2.24) is 0 Å². The van der Waals surface area contributed by atoms with Gasteiger partial charge < -0.3 is 20.4 Å². The van der Waals surface area contributed by atoms with Crippen molar-refractivity contribution in [3.05, 3.63) is 36.5 Å². The Morgan fingerprint density at radius 1 is 0.769 bits per heavy atom. The minimum absolute atomic E-state index is 0.0649. The number of carboxylic acid groups (broad SMARTS) is 2. The van der Waals surface area contributed by atoms with Crippen LogP contribution in [0.5, 0.6) is 0 Å². The van der Waals surface area contributed by atoms with E-state index in [0.717, 1.165) is 19.3 Å². The predicted octanol–water partition coefficient (Wildman–Crippen LogP) is 3.45. The number of allylic oxidation sites excluding steroid dienone is 4. The van der Waals surface area contributed by atoms with Gasteiger partial charge in [-0.2, -0.15) is 0 Å². The third kappa shape index (κ3) is 18.4. The van der Waals surface area contributed by atoms with Crippen molar-refractivity contribution < 1.29 is 30.0 Å². The summed E-state index contributed by atoms with van der Waals surface area (Å²) >= 11 is 0. The number of rotatable bonds is 16. The highest BCUT2D eigenvalue weighted by Gasteiger charge is 2.02. The van der Waals surface area contributed by atoms with Crippen molar-refractivity contribution in [3.63, 3.8) is 0 Å². The van der Waals surface area contributed by atoms with E-state index in [-0.39, 0.29) is 12.8 Å². The Morgan fingerprint density at radius 2 is 1.46 bits per heavy atom. The predicted molar refractivity (Wildman–Crippen MR) is 101 cm³/mol. The van der Waals surface area contributed by atoms with Crippen molar-refractivity contribution in [3.8, 4) is 0 Å². The zero-order valence-corrected chi connectivity index (χ0v) is 15.3. The Labute approximate surface area is 155 Å². The molecule has 0 aromatic rings. The van der Waals surface area contributed by atoms with Gasteiger partial charge in [0.25, 0.3) is 0 Å². The molecule has 0 amide bonds. The summed E-state index contributed by atoms with van der Waals surface area (Å²) in [7, 11) is 0. The first-order valence-electron chi connectivity index (χ1n) is 9.20. The van der Waals surface area contributed by atoms with Crippen LogP contribution in [0.4, 0.5) is 0 Å². The van der Waals surface area contributed by atoms with Gasteiger partial charge >= 0.3 is 11.9 Å². The Kier molecular flexibility index (Phi) is 15.3. The van der Waals surface area contributed by atoms with Crippen LogP contribution >= 0.6 is 0 Å². The van der Waals surface area contributed by atoms with Gasteiger partial charge in [0, 0.05) is 12.8 Å². The second-order valence-corrected chi connectivity index (χ2v) is 6.24. The number of aliphatic hydroxyl groups is 2. The van der Waals surface area contributed by atoms with Crippen LogP contribution < -0.4 is 0 Å². The second-order valence-electron chi connectivity index (χ2n) is 6.24. The van der Waals surface area contributed by atoms with Gasteiger partial charge in [0.15, 0.2) is 0 Å². The van der Waals surface area contributed by atoms with Gasteiger partial charge in [0.05, 0.1) is 12.2 Å². The number of aliphatic hydroxyl groups excluding tert-OH is 2. The van der Waals surface area contributed by atoms with Gasteiger partial charge in [-0.25, -0.2) is 0 Å². The van der Waals surface area contributed by atoms with Crippen LogP contribution in [0.2, 0.25) is 0 Å². The largest absolute Gasteiger partial charge is 0.481 e. The molecule has 4 N–H and O–H groups in total. The molecule has 0 radical (unpaired) electrons. The van der Waals surface area contributed by atoms with Crippen LogP contribution in [0, 0.1) is 0 Å². The van der Waals surface area contributed by atoms with E-state index in [1.54, 1.807) is 12.2 Å². The van der Waals surface area contributed by atoms with Crippen LogP contribution in [0.1, 0.15) is 64.2 Å². The summed E-state index contributed by atoms with van der Waals surface area (Å²) in [6.45, 7) is 0. The third-order valence-electron chi connectivity index (χ3n) is 3.72. The lowest BCUT2D eigenvalue weighted by atomic mass is 10.1. The Hall–Kier alpha value is -1.92. The molecule has 0 bridgehead atoms. The topological polar surface area (TPSA) is 115 Å². The smallest absolute Gasteiger partial charge is 0.303 e. The highest BCUT2D eigenvalue weighted by atomic mass is 16.4. The number of carbonyl (C=O) groups is 2. The average Bonchev–Trinajstić information content (AvgIpc) is 2.56. The molecule has 0 rings (SSSR count). The van der Waals surface area contributed by atoms with Gasteiger partial charge in [-0.05, 0) is 51.4 Å². The van der Waals surface area contributed by atoms with E-state index in [4.69, 9.17) is 10.2 Å². The van der Waals surface area contributed by atoms with Gasteiger partial charge in [-0.1, -0.05) is 36.5 Å². The summed E-state index contributed by atoms with van der Waals surface area (Å²) in [5.41, 5.74) is 0. The molecule has 6 heteroatoms. The quantitative estimate of drug-likeness (QED) is 0.188. The molecule has 0 aliphatic heterocycles. The normalized spacial score (nSPS) is 14.4. The van der Waals surface area contributed by atoms with Crippen molar-refractivity contribution in [2.75, 3.05) is 0 Å². The van der Waals surface area contributed by atoms with E-state index in [2.05, 4.69) is 0 Å². The summed E-state index contributed by atoms with van der Waals surface area (Å²) in [4.78, 5) is 20.7. The van der Waals surface area contributed by atoms with Crippen molar-refractivity contribution >= 4 is 11.9 Å². The fourth-order valence-corrected chi connectivity index (χ4v) is 2.24. The van der Waals surface area contributed by atoms with E-state index >= 15 is 0 Å². The molecule has 0 aromatic carbocycles. The molecule has 6 nitrogen and oxygen atoms in total. The minimum atomic E-state index is -0.854. The number of aliphatic carboxylic acids is 2. The van der Waals surface area contributed by atoms with E-state index in [9.17, 15) is 19.8 Å². The molecule has 0 saturated heterocycles. The molecule has 26 heavy (non-hydrogen) atoms. The fourth-order valence-electron chi connectivity index (χ4n) is 2.24. The molecule has 0 spiro atoms. The highest BCUT2D eigenvalue weighted by Crippen LogP contribution is 2.06. The first-order valence-corrected chi connectivity index (χ1v) is 9.20. The molecule has 0 saturated carbocycles. The molecule has 0 aliphatic rings. The van der Waals surface area contributed by atoms with Crippen molar-refractivity contribution in [1.29, 1.82) is 0 Å². The molecule has 0 aliphatic carbocycles. The van der Waals surface area contributed by atoms with Gasteiger partial charge in [-0.15, -0.1) is 0 Å². The van der Waals surface area contributed by atoms with Crippen LogP contribution in [0.25, 0.3) is 0 Å². The Morgan fingerprint density at radius 3 is 2.15 bits per heavy atom. The van der Waals surface area contributed by atoms with E-state index in [1.165, 1.54) is 0 Å². The lowest BCUT2D eigenvalue weighted by Crippen LogP contribution is -2.04. The average molecular weight is 368 g/mol. The Bertz CT molecular complexity index is 467. The molecule has 0 fully saturated rings. The SMILES string of the molecule is O=C(O)CCCCC=CCC(O)CCC=CC=CC(O)CCCC(=O)O. The van der Waals surface area contributed by atoms with Crippen LogP contribution in [-0.2, 0) is 9.59 Å². The Balaban J connectivity index is 3.65. The van der Waals surface area contributed by atoms with Crippen LogP contribution in [-0.4, -0.2) is 44.6 Å². The zero-order valence-electron chi connectivity index (χ0n) is 15.3. The zero-order chi connectivity index (χ0) is 19.6. The molecule has 2 atom stereocenters. The molecule has 148 valence electrons. The molecule has 0 aromatic heterocycles. The molecule has 0 heterocycles. The maximum Gasteiger partial charge on any atom is 0.303 e. The fraction of sp³-hybridized carbons (Fsp3) is 0.600. The summed E-state index contributed by atoms with van der Waals surface area (Å²) < 4.78 is 0. The molecular weight excluding hydrogens is 336 g/mol. The minimum Gasteiger partial charge on any atom is -0.481 e. The standard InChI is InChI=1S/C20H32O6/c21-17(11-6-2-1-3-9-15-19(23)24)12-7-4-5-8-13-18(22)14-10-16-20(25)26/h2,4-6,8,13,17-18,21-22H,1,3,7,9-12,14-16H2,(H,23,24)(H,25,26). The molecular formula is C20H32O6. The lowest BCUT2D eigenvalue weighted by molar-refractivity contribution is -0.138. The highest BCUT2D eigenvalue weighted by molar-refractivity contribution is 5.66. The maximum atomic E-state index is 10.4. The number of hydrogen-bond donors (Lipinski definition) is 4. The number of carboxylic acids is 2. The van der Waals surface area contributed by atoms with Crippen molar-refractivity contribution in [2.45, 2.75) is 76.4 Å². The van der Waals surface area contributed by atoms with E-state index in [1.807, 2.05) is 24.3 Å². The number of unbranched alkanes of at least 4 members (excludes halogenated alkanes) is 2. The summed E-state index contributed by atoms with van der Waals surface area (Å²) in [6, 6.07) is 0. The summed E-state index contributed by atoms with van der Waals surface area (Å²) in [5.74, 6) is -1.62. The van der Waals surface area contributed by atoms with E-state index < -0.39 is 24.1 Å². The van der Waals surface area contributed by atoms with E-state index in [0.29, 0.717) is 32.1 Å². The van der Waals surface area contributed by atoms with Gasteiger partial charge in [0.2, 0.25) is 0 Å². The maximum absolute atomic E-state index is 10.4. The van der Waals surface area contributed by atoms with Gasteiger partial charge in [0.1, 0.15) is 0 Å². The third-order valence-corrected chi connectivity index (χ3v) is 3.72. The monoisotopic (exact) mass is 368 g/mol. The van der Waals surface area contributed by atoms with Gasteiger partial charge in [-0.3, -0.25) is 9.59 Å².